The van der Waals surface area contributed by atoms with Gasteiger partial charge >= 0.3 is 0 Å². The van der Waals surface area contributed by atoms with E-state index in [-0.39, 0.29) is 22.2 Å². The third kappa shape index (κ3) is 3.01. The number of carbonyl (C=O) groups is 3. The number of amides is 3. The molecule has 0 bridgehead atoms. The van der Waals surface area contributed by atoms with Crippen molar-refractivity contribution in [1.29, 1.82) is 0 Å². The maximum absolute atomic E-state index is 13.3. The number of anilines is 1. The number of hydrogen-bond donors (Lipinski definition) is 0. The van der Waals surface area contributed by atoms with Crippen LogP contribution in [-0.4, -0.2) is 35.2 Å². The Morgan fingerprint density at radius 3 is 2.63 bits per heavy atom. The van der Waals surface area contributed by atoms with E-state index in [9.17, 15) is 14.4 Å². The quantitative estimate of drug-likeness (QED) is 0.672. The smallest absolute Gasteiger partial charge is 0.266 e. The van der Waals surface area contributed by atoms with Gasteiger partial charge in [-0.2, -0.15) is 0 Å². The Balaban J connectivity index is 1.88. The summed E-state index contributed by atoms with van der Waals surface area (Å²) >= 11 is 12.2. The molecule has 2 aromatic carbocycles. The summed E-state index contributed by atoms with van der Waals surface area (Å²) in [5, 5.41) is 0.541. The fraction of sp³-hybridized carbons (Fsp3) is 0.250. The third-order valence-corrected chi connectivity index (χ3v) is 5.57. The van der Waals surface area contributed by atoms with Gasteiger partial charge in [-0.3, -0.25) is 14.4 Å². The molecule has 7 heteroatoms. The van der Waals surface area contributed by atoms with Crippen molar-refractivity contribution >= 4 is 46.6 Å². The molecule has 2 heterocycles. The molecule has 2 aromatic rings. The van der Waals surface area contributed by atoms with Crippen LogP contribution in [0.5, 0.6) is 0 Å². The highest BCUT2D eigenvalue weighted by molar-refractivity contribution is 6.38. The standard InChI is InChI=1S/C20H16Cl2N2O3/c21-12-8-9-15(22)14(11-12)19(26)24-16-6-2-1-5-13(16)18(25)23-10-4-3-7-17(23)20(24)27/h1-2,5-6,8-9,11,17H,3-4,7,10H2/t17-/m1/s1. The second-order valence-corrected chi connectivity index (χ2v) is 7.47. The number of fused-ring (bicyclic) bond motifs is 2. The number of halogens is 2. The van der Waals surface area contributed by atoms with Crippen LogP contribution in [0.25, 0.3) is 0 Å². The first-order chi connectivity index (χ1) is 13.0. The first-order valence-corrected chi connectivity index (χ1v) is 9.48. The highest BCUT2D eigenvalue weighted by atomic mass is 35.5. The zero-order valence-corrected chi connectivity index (χ0v) is 15.8. The van der Waals surface area contributed by atoms with Crippen molar-refractivity contribution in [1.82, 2.24) is 4.90 Å². The normalized spacial score (nSPS) is 19.4. The monoisotopic (exact) mass is 402 g/mol. The number of imide groups is 1. The fourth-order valence-electron chi connectivity index (χ4n) is 3.69. The van der Waals surface area contributed by atoms with Gasteiger partial charge in [-0.15, -0.1) is 0 Å². The Bertz CT molecular complexity index is 960. The Hall–Kier alpha value is -2.37. The number of carbonyl (C=O) groups excluding carboxylic acids is 3. The van der Waals surface area contributed by atoms with Crippen molar-refractivity contribution in [2.75, 3.05) is 11.4 Å². The van der Waals surface area contributed by atoms with E-state index in [1.54, 1.807) is 35.2 Å². The molecule has 3 amide bonds. The first-order valence-electron chi connectivity index (χ1n) is 8.72. The highest BCUT2D eigenvalue weighted by Gasteiger charge is 2.43. The van der Waals surface area contributed by atoms with Crippen molar-refractivity contribution in [2.24, 2.45) is 0 Å². The summed E-state index contributed by atoms with van der Waals surface area (Å²) < 4.78 is 0. The fourth-order valence-corrected chi connectivity index (χ4v) is 4.07. The molecule has 2 aliphatic heterocycles. The summed E-state index contributed by atoms with van der Waals surface area (Å²) in [6, 6.07) is 10.6. The lowest BCUT2D eigenvalue weighted by atomic mass is 10.0. The molecule has 1 fully saturated rings. The SMILES string of the molecule is O=C(c1cc(Cl)ccc1Cl)N1C(=O)[C@H]2CCCCN2C(=O)c2ccccc21. The van der Waals surface area contributed by atoms with Crippen LogP contribution in [0.4, 0.5) is 5.69 Å². The van der Waals surface area contributed by atoms with Gasteiger partial charge in [-0.25, -0.2) is 4.90 Å². The molecule has 27 heavy (non-hydrogen) atoms. The zero-order chi connectivity index (χ0) is 19.1. The molecule has 0 N–H and O–H groups in total. The molecule has 0 radical (unpaired) electrons. The largest absolute Gasteiger partial charge is 0.327 e. The molecule has 138 valence electrons. The molecule has 0 aromatic heterocycles. The van der Waals surface area contributed by atoms with E-state index in [0.29, 0.717) is 23.6 Å². The lowest BCUT2D eigenvalue weighted by Gasteiger charge is -2.34. The number of rotatable bonds is 1. The Labute approximate surface area is 166 Å². The molecule has 5 nitrogen and oxygen atoms in total. The van der Waals surface area contributed by atoms with E-state index in [1.165, 1.54) is 12.1 Å². The maximum Gasteiger partial charge on any atom is 0.266 e. The van der Waals surface area contributed by atoms with Crippen molar-refractivity contribution in [3.8, 4) is 0 Å². The number of hydrogen-bond acceptors (Lipinski definition) is 3. The molecular weight excluding hydrogens is 387 g/mol. The van der Waals surface area contributed by atoms with Crippen LogP contribution in [0.1, 0.15) is 40.0 Å². The molecule has 0 spiro atoms. The van der Waals surface area contributed by atoms with Gasteiger partial charge in [0.15, 0.2) is 0 Å². The topological polar surface area (TPSA) is 57.7 Å². The Kier molecular flexibility index (Phi) is 4.66. The average Bonchev–Trinajstić information content (AvgIpc) is 2.78. The van der Waals surface area contributed by atoms with E-state index < -0.39 is 17.9 Å². The second kappa shape index (κ2) is 6.98. The van der Waals surface area contributed by atoms with Gasteiger partial charge in [0.25, 0.3) is 17.7 Å². The summed E-state index contributed by atoms with van der Waals surface area (Å²) in [5.41, 5.74) is 0.744. The van der Waals surface area contributed by atoms with Gasteiger partial charge < -0.3 is 4.90 Å². The minimum absolute atomic E-state index is 0.129. The van der Waals surface area contributed by atoms with Crippen molar-refractivity contribution < 1.29 is 14.4 Å². The van der Waals surface area contributed by atoms with Crippen LogP contribution in [0.15, 0.2) is 42.5 Å². The predicted octanol–water partition coefficient (Wildman–Crippen LogP) is 4.18. The summed E-state index contributed by atoms with van der Waals surface area (Å²) in [6.07, 6.45) is 2.20. The molecule has 0 aliphatic carbocycles. The van der Waals surface area contributed by atoms with Crippen LogP contribution in [-0.2, 0) is 4.79 Å². The minimum atomic E-state index is -0.652. The zero-order valence-electron chi connectivity index (χ0n) is 14.3. The molecule has 1 atom stereocenters. The summed E-state index contributed by atoms with van der Waals surface area (Å²) in [6.45, 7) is 0.503. The number of piperidine rings is 1. The molecule has 1 saturated heterocycles. The van der Waals surface area contributed by atoms with E-state index >= 15 is 0 Å². The summed E-state index contributed by atoms with van der Waals surface area (Å²) in [5.74, 6) is -1.22. The van der Waals surface area contributed by atoms with E-state index in [1.807, 2.05) is 0 Å². The van der Waals surface area contributed by atoms with Crippen LogP contribution < -0.4 is 4.90 Å². The van der Waals surface area contributed by atoms with Crippen molar-refractivity contribution in [3.63, 3.8) is 0 Å². The van der Waals surface area contributed by atoms with Gasteiger partial charge in [0.05, 0.1) is 21.8 Å². The van der Waals surface area contributed by atoms with Crippen LogP contribution in [0, 0.1) is 0 Å². The average molecular weight is 403 g/mol. The van der Waals surface area contributed by atoms with Gasteiger partial charge in [-0.05, 0) is 49.6 Å². The van der Waals surface area contributed by atoms with E-state index in [0.717, 1.165) is 17.7 Å². The number of para-hydroxylation sites is 1. The highest BCUT2D eigenvalue weighted by Crippen LogP contribution is 2.34. The maximum atomic E-state index is 13.3. The number of nitrogens with zero attached hydrogens (tertiary/aromatic N) is 2. The van der Waals surface area contributed by atoms with Gasteiger partial charge in [0.2, 0.25) is 0 Å². The van der Waals surface area contributed by atoms with Gasteiger partial charge in [-0.1, -0.05) is 35.3 Å². The Morgan fingerprint density at radius 2 is 1.81 bits per heavy atom. The van der Waals surface area contributed by atoms with Crippen LogP contribution in [0.2, 0.25) is 10.0 Å². The van der Waals surface area contributed by atoms with Crippen molar-refractivity contribution in [3.05, 3.63) is 63.6 Å². The molecule has 0 saturated carbocycles. The second-order valence-electron chi connectivity index (χ2n) is 6.63. The summed E-state index contributed by atoms with van der Waals surface area (Å²) in [4.78, 5) is 42.3. The van der Waals surface area contributed by atoms with E-state index in [4.69, 9.17) is 23.2 Å². The van der Waals surface area contributed by atoms with Crippen LogP contribution >= 0.6 is 23.2 Å². The van der Waals surface area contributed by atoms with Gasteiger partial charge in [0, 0.05) is 11.6 Å². The molecule has 0 unspecified atom stereocenters. The molecular formula is C20H16Cl2N2O3. The summed E-state index contributed by atoms with van der Waals surface area (Å²) in [7, 11) is 0. The molecule has 2 aliphatic rings. The lowest BCUT2D eigenvalue weighted by Crippen LogP contribution is -2.52. The first kappa shape index (κ1) is 18.0. The lowest BCUT2D eigenvalue weighted by molar-refractivity contribution is -0.123. The molecule has 4 rings (SSSR count). The third-order valence-electron chi connectivity index (χ3n) is 5.01. The predicted molar refractivity (Wildman–Crippen MR) is 103 cm³/mol. The van der Waals surface area contributed by atoms with Crippen molar-refractivity contribution in [2.45, 2.75) is 25.3 Å². The van der Waals surface area contributed by atoms with E-state index in [2.05, 4.69) is 0 Å². The van der Waals surface area contributed by atoms with Gasteiger partial charge in [0.1, 0.15) is 6.04 Å². The Morgan fingerprint density at radius 1 is 1.04 bits per heavy atom. The van der Waals surface area contributed by atoms with Crippen LogP contribution in [0.3, 0.4) is 0 Å². The number of benzene rings is 2. The minimum Gasteiger partial charge on any atom is -0.327 e.